The van der Waals surface area contributed by atoms with Crippen molar-refractivity contribution < 1.29 is 23.0 Å². The van der Waals surface area contributed by atoms with E-state index in [1.807, 2.05) is 0 Å². The Balaban J connectivity index is 2.88. The first-order valence-electron chi connectivity index (χ1n) is 5.59. The molecule has 1 rings (SSSR count). The summed E-state index contributed by atoms with van der Waals surface area (Å²) in [7, 11) is 2.98. The molecule has 0 aliphatic carbocycles. The number of hydrogen-bond acceptors (Lipinski definition) is 4. The van der Waals surface area contributed by atoms with E-state index < -0.39 is 12.7 Å². The van der Waals surface area contributed by atoms with E-state index in [0.717, 1.165) is 0 Å². The lowest BCUT2D eigenvalue weighted by atomic mass is 10.2. The standard InChI is InChI=1S/C12H16F2N2O3/c1-7(15-2)11(17)16-8-4-5-9(18-3)10(6-8)19-12(13)14/h4-7,12,15H,1-3H3,(H,16,17). The fourth-order valence-electron chi connectivity index (χ4n) is 1.32. The molecule has 0 spiro atoms. The molecule has 1 amide bonds. The number of likely N-dealkylation sites (N-methyl/N-ethyl adjacent to an activating group) is 1. The largest absolute Gasteiger partial charge is 0.493 e. The molecule has 1 aromatic carbocycles. The fraction of sp³-hybridized carbons (Fsp3) is 0.417. The van der Waals surface area contributed by atoms with E-state index in [0.29, 0.717) is 5.69 Å². The minimum absolute atomic E-state index is 0.132. The predicted molar refractivity (Wildman–Crippen MR) is 66.8 cm³/mol. The smallest absolute Gasteiger partial charge is 0.387 e. The Morgan fingerprint density at radius 1 is 1.32 bits per heavy atom. The number of benzene rings is 1. The third kappa shape index (κ3) is 4.36. The van der Waals surface area contributed by atoms with E-state index >= 15 is 0 Å². The number of hydrogen-bond donors (Lipinski definition) is 2. The van der Waals surface area contributed by atoms with Crippen molar-refractivity contribution in [2.75, 3.05) is 19.5 Å². The summed E-state index contributed by atoms with van der Waals surface area (Å²) in [6.07, 6.45) is 0. The topological polar surface area (TPSA) is 59.6 Å². The van der Waals surface area contributed by atoms with Gasteiger partial charge in [-0.05, 0) is 26.1 Å². The van der Waals surface area contributed by atoms with Crippen molar-refractivity contribution in [1.82, 2.24) is 5.32 Å². The van der Waals surface area contributed by atoms with Crippen LogP contribution in [0.5, 0.6) is 11.5 Å². The van der Waals surface area contributed by atoms with Gasteiger partial charge in [-0.15, -0.1) is 0 Å². The molecule has 0 aliphatic rings. The van der Waals surface area contributed by atoms with Crippen LogP contribution in [-0.2, 0) is 4.79 Å². The molecule has 2 N–H and O–H groups in total. The number of carbonyl (C=O) groups excluding carboxylic acids is 1. The zero-order chi connectivity index (χ0) is 14.4. The Hall–Kier alpha value is -1.89. The summed E-state index contributed by atoms with van der Waals surface area (Å²) in [5.41, 5.74) is 0.351. The van der Waals surface area contributed by atoms with Gasteiger partial charge in [0.25, 0.3) is 0 Å². The lowest BCUT2D eigenvalue weighted by Crippen LogP contribution is -2.35. The number of nitrogens with one attached hydrogen (secondary N) is 2. The number of ether oxygens (including phenoxy) is 2. The highest BCUT2D eigenvalue weighted by Gasteiger charge is 2.14. The minimum Gasteiger partial charge on any atom is -0.493 e. The minimum atomic E-state index is -2.96. The summed E-state index contributed by atoms with van der Waals surface area (Å²) in [6.45, 7) is -1.29. The average molecular weight is 274 g/mol. The molecule has 0 saturated heterocycles. The predicted octanol–water partition coefficient (Wildman–Crippen LogP) is 1.84. The monoisotopic (exact) mass is 274 g/mol. The van der Waals surface area contributed by atoms with Crippen LogP contribution in [0, 0.1) is 0 Å². The normalized spacial score (nSPS) is 12.1. The molecule has 106 valence electrons. The Morgan fingerprint density at radius 3 is 2.53 bits per heavy atom. The van der Waals surface area contributed by atoms with Gasteiger partial charge in [-0.3, -0.25) is 4.79 Å². The molecule has 5 nitrogen and oxygen atoms in total. The van der Waals surface area contributed by atoms with Gasteiger partial charge >= 0.3 is 6.61 Å². The fourth-order valence-corrected chi connectivity index (χ4v) is 1.32. The first-order chi connectivity index (χ1) is 8.97. The van der Waals surface area contributed by atoms with Gasteiger partial charge in [0.2, 0.25) is 5.91 Å². The quantitative estimate of drug-likeness (QED) is 0.831. The SMILES string of the molecule is CNC(C)C(=O)Nc1ccc(OC)c(OC(F)F)c1. The van der Waals surface area contributed by atoms with E-state index in [9.17, 15) is 13.6 Å². The zero-order valence-electron chi connectivity index (χ0n) is 10.9. The van der Waals surface area contributed by atoms with Gasteiger partial charge in [0.05, 0.1) is 13.2 Å². The molecular weight excluding hydrogens is 258 g/mol. The summed E-state index contributed by atoms with van der Waals surface area (Å²) in [5.74, 6) is -0.247. The third-order valence-electron chi connectivity index (χ3n) is 2.47. The van der Waals surface area contributed by atoms with Gasteiger partial charge in [-0.1, -0.05) is 0 Å². The number of methoxy groups -OCH3 is 1. The van der Waals surface area contributed by atoms with Crippen LogP contribution in [0.1, 0.15) is 6.92 Å². The number of amides is 1. The average Bonchev–Trinajstić information content (AvgIpc) is 2.37. The molecule has 0 radical (unpaired) electrons. The molecule has 0 aromatic heterocycles. The summed E-state index contributed by atoms with van der Waals surface area (Å²) >= 11 is 0. The van der Waals surface area contributed by atoms with Crippen LogP contribution in [0.25, 0.3) is 0 Å². The third-order valence-corrected chi connectivity index (χ3v) is 2.47. The Morgan fingerprint density at radius 2 is 2.00 bits per heavy atom. The Kier molecular flexibility index (Phi) is 5.50. The number of rotatable bonds is 6. The van der Waals surface area contributed by atoms with E-state index in [1.165, 1.54) is 25.3 Å². The summed E-state index contributed by atoms with van der Waals surface area (Å²) in [5, 5.41) is 5.34. The Labute approximate surface area is 109 Å². The number of carbonyl (C=O) groups is 1. The van der Waals surface area contributed by atoms with Crippen LogP contribution in [0.15, 0.2) is 18.2 Å². The van der Waals surface area contributed by atoms with Gasteiger partial charge in [0.15, 0.2) is 11.5 Å². The second-order valence-electron chi connectivity index (χ2n) is 3.74. The highest BCUT2D eigenvalue weighted by molar-refractivity contribution is 5.94. The van der Waals surface area contributed by atoms with E-state index in [4.69, 9.17) is 4.74 Å². The summed E-state index contributed by atoms with van der Waals surface area (Å²) in [4.78, 5) is 11.6. The highest BCUT2D eigenvalue weighted by atomic mass is 19.3. The molecule has 19 heavy (non-hydrogen) atoms. The lowest BCUT2D eigenvalue weighted by molar-refractivity contribution is -0.117. The molecule has 0 bridgehead atoms. The summed E-state index contributed by atoms with van der Waals surface area (Å²) < 4.78 is 33.7. The number of alkyl halides is 2. The molecule has 0 aliphatic heterocycles. The van der Waals surface area contributed by atoms with Gasteiger partial charge in [-0.2, -0.15) is 8.78 Å². The molecule has 1 atom stereocenters. The van der Waals surface area contributed by atoms with Crippen LogP contribution in [0.4, 0.5) is 14.5 Å². The molecule has 1 unspecified atom stereocenters. The van der Waals surface area contributed by atoms with Gasteiger partial charge in [0.1, 0.15) is 0 Å². The van der Waals surface area contributed by atoms with Crippen molar-refractivity contribution in [2.45, 2.75) is 19.6 Å². The maximum Gasteiger partial charge on any atom is 0.387 e. The van der Waals surface area contributed by atoms with Crippen LogP contribution in [-0.4, -0.2) is 32.7 Å². The maximum absolute atomic E-state index is 12.2. The Bertz CT molecular complexity index is 441. The number of anilines is 1. The van der Waals surface area contributed by atoms with Gasteiger partial charge in [0, 0.05) is 11.8 Å². The van der Waals surface area contributed by atoms with Crippen molar-refractivity contribution in [3.05, 3.63) is 18.2 Å². The highest BCUT2D eigenvalue weighted by Crippen LogP contribution is 2.31. The molecule has 0 heterocycles. The van der Waals surface area contributed by atoms with Crippen molar-refractivity contribution in [2.24, 2.45) is 0 Å². The van der Waals surface area contributed by atoms with Crippen molar-refractivity contribution in [1.29, 1.82) is 0 Å². The van der Waals surface area contributed by atoms with Crippen LogP contribution < -0.4 is 20.1 Å². The molecule has 0 fully saturated rings. The lowest BCUT2D eigenvalue weighted by Gasteiger charge is -2.14. The van der Waals surface area contributed by atoms with E-state index in [-0.39, 0.29) is 17.4 Å². The molecular formula is C12H16F2N2O3. The van der Waals surface area contributed by atoms with Crippen molar-refractivity contribution >= 4 is 11.6 Å². The maximum atomic E-state index is 12.2. The zero-order valence-corrected chi connectivity index (χ0v) is 10.9. The van der Waals surface area contributed by atoms with Crippen molar-refractivity contribution in [3.63, 3.8) is 0 Å². The van der Waals surface area contributed by atoms with Crippen LogP contribution in [0.2, 0.25) is 0 Å². The second-order valence-corrected chi connectivity index (χ2v) is 3.74. The van der Waals surface area contributed by atoms with E-state index in [2.05, 4.69) is 15.4 Å². The molecule has 1 aromatic rings. The van der Waals surface area contributed by atoms with E-state index in [1.54, 1.807) is 14.0 Å². The van der Waals surface area contributed by atoms with Crippen molar-refractivity contribution in [3.8, 4) is 11.5 Å². The van der Waals surface area contributed by atoms with Crippen LogP contribution in [0.3, 0.4) is 0 Å². The molecule has 0 saturated carbocycles. The van der Waals surface area contributed by atoms with Gasteiger partial charge < -0.3 is 20.1 Å². The van der Waals surface area contributed by atoms with Gasteiger partial charge in [-0.25, -0.2) is 0 Å². The molecule has 7 heteroatoms. The second kappa shape index (κ2) is 6.89. The first-order valence-corrected chi connectivity index (χ1v) is 5.59. The first kappa shape index (κ1) is 15.2. The summed E-state index contributed by atoms with van der Waals surface area (Å²) in [6, 6.07) is 3.86. The number of halogens is 2. The van der Waals surface area contributed by atoms with Crippen LogP contribution >= 0.6 is 0 Å².